The standard InChI is InChI=1S/C24H24FN3O/c25-20-9-12-23-19(15-20)14-17(16-27-23)7-11-22(29)6-2-1-5-21-10-8-18-4-3-13-26-24(18)28-21/h7-12,14-16H,1-6,13H2,(H,26,28)/b11-7+. The van der Waals surface area contributed by atoms with Gasteiger partial charge in [0.2, 0.25) is 0 Å². The van der Waals surface area contributed by atoms with E-state index in [0.29, 0.717) is 6.42 Å². The van der Waals surface area contributed by atoms with Gasteiger partial charge in [0.25, 0.3) is 0 Å². The molecule has 0 aliphatic carbocycles. The van der Waals surface area contributed by atoms with Gasteiger partial charge in [-0.1, -0.05) is 6.07 Å². The molecule has 0 saturated heterocycles. The third kappa shape index (κ3) is 5.05. The quantitative estimate of drug-likeness (QED) is 0.450. The maximum atomic E-state index is 13.4. The lowest BCUT2D eigenvalue weighted by Crippen LogP contribution is -2.14. The first-order valence-electron chi connectivity index (χ1n) is 10.2. The predicted octanol–water partition coefficient (Wildman–Crippen LogP) is 5.12. The number of ketones is 1. The first-order valence-corrected chi connectivity index (χ1v) is 10.2. The van der Waals surface area contributed by atoms with E-state index in [2.05, 4.69) is 22.4 Å². The molecule has 3 heterocycles. The summed E-state index contributed by atoms with van der Waals surface area (Å²) < 4.78 is 13.4. The molecule has 0 saturated carbocycles. The summed E-state index contributed by atoms with van der Waals surface area (Å²) in [5, 5.41) is 4.09. The van der Waals surface area contributed by atoms with Crippen molar-refractivity contribution in [3.63, 3.8) is 0 Å². The Labute approximate surface area is 169 Å². The third-order valence-electron chi connectivity index (χ3n) is 5.18. The van der Waals surface area contributed by atoms with Crippen LogP contribution >= 0.6 is 0 Å². The van der Waals surface area contributed by atoms with E-state index < -0.39 is 0 Å². The van der Waals surface area contributed by atoms with E-state index in [0.717, 1.165) is 66.6 Å². The molecule has 0 atom stereocenters. The molecule has 3 aromatic rings. The second kappa shape index (κ2) is 8.95. The highest BCUT2D eigenvalue weighted by molar-refractivity contribution is 5.94. The van der Waals surface area contributed by atoms with Crippen molar-refractivity contribution in [2.75, 3.05) is 11.9 Å². The van der Waals surface area contributed by atoms with Crippen molar-refractivity contribution in [1.82, 2.24) is 9.97 Å². The van der Waals surface area contributed by atoms with Gasteiger partial charge in [-0.25, -0.2) is 9.37 Å². The maximum absolute atomic E-state index is 13.4. The number of allylic oxidation sites excluding steroid dienone is 1. The van der Waals surface area contributed by atoms with E-state index in [4.69, 9.17) is 4.98 Å². The van der Waals surface area contributed by atoms with Gasteiger partial charge in [-0.2, -0.15) is 0 Å². The fraction of sp³-hybridized carbons (Fsp3) is 0.292. The van der Waals surface area contributed by atoms with Crippen LogP contribution in [0.2, 0.25) is 0 Å². The van der Waals surface area contributed by atoms with E-state index in [9.17, 15) is 9.18 Å². The van der Waals surface area contributed by atoms with Gasteiger partial charge in [0, 0.05) is 30.2 Å². The monoisotopic (exact) mass is 389 g/mol. The number of anilines is 1. The lowest BCUT2D eigenvalue weighted by Gasteiger charge is -2.17. The van der Waals surface area contributed by atoms with Gasteiger partial charge in [-0.3, -0.25) is 9.78 Å². The molecule has 1 N–H and O–H groups in total. The molecule has 148 valence electrons. The zero-order valence-electron chi connectivity index (χ0n) is 16.3. The first-order chi connectivity index (χ1) is 14.2. The molecule has 0 unspecified atom stereocenters. The summed E-state index contributed by atoms with van der Waals surface area (Å²) >= 11 is 0. The molecule has 4 rings (SSSR count). The molecule has 1 aliphatic rings. The molecule has 0 spiro atoms. The molecular formula is C24H24FN3O. The van der Waals surface area contributed by atoms with Crippen LogP contribution in [0.1, 0.15) is 42.5 Å². The number of pyridine rings is 2. The Morgan fingerprint density at radius 2 is 2.10 bits per heavy atom. The number of carbonyl (C=O) groups excluding carboxylic acids is 1. The second-order valence-electron chi connectivity index (χ2n) is 7.45. The van der Waals surface area contributed by atoms with Gasteiger partial charge in [0.05, 0.1) is 5.52 Å². The number of aromatic nitrogens is 2. The second-order valence-corrected chi connectivity index (χ2v) is 7.45. The lowest BCUT2D eigenvalue weighted by molar-refractivity contribution is -0.114. The average molecular weight is 389 g/mol. The number of aryl methyl sites for hydroxylation is 2. The van der Waals surface area contributed by atoms with E-state index in [1.165, 1.54) is 17.7 Å². The van der Waals surface area contributed by atoms with Crippen LogP contribution in [0.3, 0.4) is 0 Å². The zero-order valence-corrected chi connectivity index (χ0v) is 16.3. The van der Waals surface area contributed by atoms with Gasteiger partial charge < -0.3 is 5.32 Å². The summed E-state index contributed by atoms with van der Waals surface area (Å²) in [6.45, 7) is 0.992. The zero-order chi connectivity index (χ0) is 20.1. The van der Waals surface area contributed by atoms with Crippen molar-refractivity contribution in [3.05, 3.63) is 71.3 Å². The van der Waals surface area contributed by atoms with Crippen LogP contribution in [-0.4, -0.2) is 22.3 Å². The van der Waals surface area contributed by atoms with Gasteiger partial charge in [-0.15, -0.1) is 0 Å². The third-order valence-corrected chi connectivity index (χ3v) is 5.18. The van der Waals surface area contributed by atoms with Crippen LogP contribution < -0.4 is 5.32 Å². The normalized spacial score (nSPS) is 13.4. The molecule has 29 heavy (non-hydrogen) atoms. The molecule has 0 fully saturated rings. The molecule has 1 aliphatic heterocycles. The summed E-state index contributed by atoms with van der Waals surface area (Å²) in [5.74, 6) is 0.821. The van der Waals surface area contributed by atoms with Crippen molar-refractivity contribution < 1.29 is 9.18 Å². The summed E-state index contributed by atoms with van der Waals surface area (Å²) in [5.41, 5.74) is 3.91. The number of nitrogens with zero attached hydrogens (tertiary/aromatic N) is 2. The van der Waals surface area contributed by atoms with Crippen molar-refractivity contribution in [2.24, 2.45) is 0 Å². The molecule has 0 bridgehead atoms. The van der Waals surface area contributed by atoms with E-state index >= 15 is 0 Å². The van der Waals surface area contributed by atoms with Crippen molar-refractivity contribution >= 4 is 28.6 Å². The molecular weight excluding hydrogens is 365 g/mol. The van der Waals surface area contributed by atoms with Crippen molar-refractivity contribution in [1.29, 1.82) is 0 Å². The van der Waals surface area contributed by atoms with Crippen LogP contribution in [0.4, 0.5) is 10.2 Å². The first kappa shape index (κ1) is 19.2. The SMILES string of the molecule is O=C(/C=C/c1cnc2ccc(F)cc2c1)CCCCc1ccc2c(n1)NCCC2. The Kier molecular flexibility index (Phi) is 5.94. The van der Waals surface area contributed by atoms with E-state index in [-0.39, 0.29) is 11.6 Å². The average Bonchev–Trinajstić information content (AvgIpc) is 2.75. The highest BCUT2D eigenvalue weighted by atomic mass is 19.1. The number of nitrogens with one attached hydrogen (secondary N) is 1. The number of fused-ring (bicyclic) bond motifs is 2. The topological polar surface area (TPSA) is 54.9 Å². The van der Waals surface area contributed by atoms with Crippen LogP contribution in [0.25, 0.3) is 17.0 Å². The van der Waals surface area contributed by atoms with Gasteiger partial charge in [0.1, 0.15) is 11.6 Å². The summed E-state index contributed by atoms with van der Waals surface area (Å²) in [6, 6.07) is 10.6. The summed E-state index contributed by atoms with van der Waals surface area (Å²) in [6.07, 6.45) is 10.4. The minimum Gasteiger partial charge on any atom is -0.370 e. The number of carbonyl (C=O) groups is 1. The predicted molar refractivity (Wildman–Crippen MR) is 114 cm³/mol. The number of hydrogen-bond donors (Lipinski definition) is 1. The number of hydrogen-bond acceptors (Lipinski definition) is 4. The van der Waals surface area contributed by atoms with Crippen LogP contribution in [0, 0.1) is 5.82 Å². The fourth-order valence-corrected chi connectivity index (χ4v) is 3.60. The molecule has 2 aromatic heterocycles. The Bertz CT molecular complexity index is 1060. The Balaban J connectivity index is 1.26. The minimum absolute atomic E-state index is 0.0874. The van der Waals surface area contributed by atoms with Crippen LogP contribution in [0.5, 0.6) is 0 Å². The fourth-order valence-electron chi connectivity index (χ4n) is 3.60. The number of benzene rings is 1. The smallest absolute Gasteiger partial charge is 0.155 e. The summed E-state index contributed by atoms with van der Waals surface area (Å²) in [7, 11) is 0. The van der Waals surface area contributed by atoms with Crippen LogP contribution in [0.15, 0.2) is 48.7 Å². The van der Waals surface area contributed by atoms with Gasteiger partial charge in [-0.05, 0) is 85.7 Å². The van der Waals surface area contributed by atoms with Crippen molar-refractivity contribution in [2.45, 2.75) is 38.5 Å². The molecule has 5 heteroatoms. The highest BCUT2D eigenvalue weighted by Gasteiger charge is 2.10. The van der Waals surface area contributed by atoms with E-state index in [1.54, 1.807) is 24.4 Å². The summed E-state index contributed by atoms with van der Waals surface area (Å²) in [4.78, 5) is 21.1. The minimum atomic E-state index is -0.291. The van der Waals surface area contributed by atoms with Crippen LogP contribution in [-0.2, 0) is 17.6 Å². The Morgan fingerprint density at radius 1 is 1.17 bits per heavy atom. The van der Waals surface area contributed by atoms with Gasteiger partial charge >= 0.3 is 0 Å². The molecule has 0 radical (unpaired) electrons. The molecule has 0 amide bonds. The maximum Gasteiger partial charge on any atom is 0.155 e. The largest absolute Gasteiger partial charge is 0.370 e. The number of rotatable bonds is 7. The molecule has 4 nitrogen and oxygen atoms in total. The number of unbranched alkanes of at least 4 members (excludes halogenated alkanes) is 1. The lowest BCUT2D eigenvalue weighted by atomic mass is 10.0. The van der Waals surface area contributed by atoms with Crippen molar-refractivity contribution in [3.8, 4) is 0 Å². The number of halogens is 1. The van der Waals surface area contributed by atoms with E-state index in [1.807, 2.05) is 6.07 Å². The Hall–Kier alpha value is -3.08. The Morgan fingerprint density at radius 3 is 3.03 bits per heavy atom. The highest BCUT2D eigenvalue weighted by Crippen LogP contribution is 2.20. The van der Waals surface area contributed by atoms with Gasteiger partial charge in [0.15, 0.2) is 5.78 Å². The molecule has 1 aromatic carbocycles.